The molecule has 8 heteroatoms. The summed E-state index contributed by atoms with van der Waals surface area (Å²) in [6.07, 6.45) is 0. The molecule has 0 amide bonds. The van der Waals surface area contributed by atoms with Crippen LogP contribution in [0.25, 0.3) is 0 Å². The van der Waals surface area contributed by atoms with Crippen molar-refractivity contribution in [1.29, 1.82) is 0 Å². The number of fused-ring (bicyclic) bond motifs is 1. The van der Waals surface area contributed by atoms with Gasteiger partial charge in [-0.25, -0.2) is 0 Å². The molecule has 4 rings (SSSR count). The molecule has 1 N–H and O–H groups in total. The number of piperazine rings is 1. The average Bonchev–Trinajstić information content (AvgIpc) is 3.16. The monoisotopic (exact) mass is 384 g/mol. The molecule has 0 unspecified atom stereocenters. The number of quaternary nitrogens is 1. The third-order valence-electron chi connectivity index (χ3n) is 5.28. The van der Waals surface area contributed by atoms with Crippen LogP contribution in [0.2, 0.25) is 0 Å². The molecule has 0 aromatic heterocycles. The number of anilines is 1. The first-order chi connectivity index (χ1) is 13.5. The van der Waals surface area contributed by atoms with Gasteiger partial charge in [0.15, 0.2) is 17.3 Å². The highest BCUT2D eigenvalue weighted by molar-refractivity contribution is 5.95. The number of nitrogens with one attached hydrogen (secondary N) is 1. The van der Waals surface area contributed by atoms with Crippen molar-refractivity contribution in [2.45, 2.75) is 13.5 Å². The summed E-state index contributed by atoms with van der Waals surface area (Å²) >= 11 is 0. The highest BCUT2D eigenvalue weighted by atomic mass is 16.7. The number of ether oxygens (including phenoxy) is 2. The molecule has 1 fully saturated rings. The number of benzene rings is 2. The van der Waals surface area contributed by atoms with Crippen LogP contribution in [0.4, 0.5) is 11.4 Å². The van der Waals surface area contributed by atoms with Crippen LogP contribution in [0, 0.1) is 10.1 Å². The lowest BCUT2D eigenvalue weighted by molar-refractivity contribution is -0.914. The fraction of sp³-hybridized carbons (Fsp3) is 0.350. The minimum Gasteiger partial charge on any atom is -0.454 e. The van der Waals surface area contributed by atoms with E-state index < -0.39 is 4.92 Å². The quantitative estimate of drug-likeness (QED) is 0.477. The highest BCUT2D eigenvalue weighted by Crippen LogP contribution is 2.32. The summed E-state index contributed by atoms with van der Waals surface area (Å²) in [4.78, 5) is 26.1. The molecule has 0 radical (unpaired) electrons. The lowest BCUT2D eigenvalue weighted by Crippen LogP contribution is -3.13. The smallest absolute Gasteiger partial charge is 0.293 e. The van der Waals surface area contributed by atoms with E-state index >= 15 is 0 Å². The van der Waals surface area contributed by atoms with E-state index in [0.717, 1.165) is 44.2 Å². The van der Waals surface area contributed by atoms with E-state index in [1.165, 1.54) is 23.5 Å². The van der Waals surface area contributed by atoms with Crippen LogP contribution in [-0.2, 0) is 6.54 Å². The number of carbonyl (C=O) groups excluding carboxylic acids is 1. The molecular formula is C20H22N3O5+. The van der Waals surface area contributed by atoms with Gasteiger partial charge in [0.25, 0.3) is 5.69 Å². The number of hydrogen-bond acceptors (Lipinski definition) is 6. The first-order valence-corrected chi connectivity index (χ1v) is 9.27. The molecule has 0 bridgehead atoms. The van der Waals surface area contributed by atoms with Gasteiger partial charge in [-0.2, -0.15) is 0 Å². The van der Waals surface area contributed by atoms with Crippen molar-refractivity contribution in [3.05, 3.63) is 57.6 Å². The molecule has 146 valence electrons. The lowest BCUT2D eigenvalue weighted by atomic mass is 10.1. The summed E-state index contributed by atoms with van der Waals surface area (Å²) in [6, 6.07) is 10.7. The van der Waals surface area contributed by atoms with Crippen LogP contribution in [0.3, 0.4) is 0 Å². The number of Topliss-reactive ketones (excluding diaryl/α,β-unsaturated/α-hetero) is 1. The van der Waals surface area contributed by atoms with E-state index in [9.17, 15) is 14.9 Å². The van der Waals surface area contributed by atoms with Crippen molar-refractivity contribution in [2.24, 2.45) is 0 Å². The van der Waals surface area contributed by atoms with E-state index in [0.29, 0.717) is 11.3 Å². The molecular weight excluding hydrogens is 362 g/mol. The third-order valence-corrected chi connectivity index (χ3v) is 5.28. The zero-order chi connectivity index (χ0) is 19.7. The maximum atomic E-state index is 11.5. The zero-order valence-corrected chi connectivity index (χ0v) is 15.6. The summed E-state index contributed by atoms with van der Waals surface area (Å²) in [6.45, 7) is 5.75. The Labute approximate surface area is 162 Å². The Balaban J connectivity index is 1.43. The van der Waals surface area contributed by atoms with E-state index in [-0.39, 0.29) is 18.3 Å². The molecule has 2 aliphatic rings. The fourth-order valence-electron chi connectivity index (χ4n) is 3.74. The van der Waals surface area contributed by atoms with Crippen molar-refractivity contribution in [1.82, 2.24) is 0 Å². The van der Waals surface area contributed by atoms with Crippen LogP contribution in [-0.4, -0.2) is 43.7 Å². The molecule has 2 aromatic rings. The van der Waals surface area contributed by atoms with Gasteiger partial charge in [-0.05, 0) is 37.3 Å². The Kier molecular flexibility index (Phi) is 4.87. The second-order valence-electron chi connectivity index (χ2n) is 7.12. The summed E-state index contributed by atoms with van der Waals surface area (Å²) in [7, 11) is 0. The molecule has 1 saturated heterocycles. The maximum Gasteiger partial charge on any atom is 0.293 e. The van der Waals surface area contributed by atoms with Gasteiger partial charge in [-0.1, -0.05) is 0 Å². The van der Waals surface area contributed by atoms with Gasteiger partial charge in [0, 0.05) is 17.2 Å². The van der Waals surface area contributed by atoms with Crippen LogP contribution >= 0.6 is 0 Å². The summed E-state index contributed by atoms with van der Waals surface area (Å²) in [5, 5.41) is 11.5. The van der Waals surface area contributed by atoms with Gasteiger partial charge < -0.3 is 19.3 Å². The molecule has 28 heavy (non-hydrogen) atoms. The van der Waals surface area contributed by atoms with Gasteiger partial charge >= 0.3 is 0 Å². The Morgan fingerprint density at radius 3 is 2.61 bits per heavy atom. The summed E-state index contributed by atoms with van der Waals surface area (Å²) < 4.78 is 10.8. The number of hydrogen-bond donors (Lipinski definition) is 1. The van der Waals surface area contributed by atoms with Crippen molar-refractivity contribution in [2.75, 3.05) is 37.9 Å². The second-order valence-corrected chi connectivity index (χ2v) is 7.12. The van der Waals surface area contributed by atoms with E-state index in [1.54, 1.807) is 12.1 Å². The lowest BCUT2D eigenvalue weighted by Gasteiger charge is -2.33. The SMILES string of the molecule is CC(=O)c1ccc(N2CC[NH+](Cc3ccc4c(c3)OCO4)CC2)c([N+](=O)[O-])c1. The van der Waals surface area contributed by atoms with Crippen molar-refractivity contribution in [3.63, 3.8) is 0 Å². The standard InChI is InChI=1S/C20H21N3O5/c1-14(24)16-3-4-17(18(11-16)23(25)26)22-8-6-21(7-9-22)12-15-2-5-19-20(10-15)28-13-27-19/h2-5,10-11H,6-9,12-13H2,1H3/p+1. The maximum absolute atomic E-state index is 11.5. The number of rotatable bonds is 5. The predicted octanol–water partition coefficient (Wildman–Crippen LogP) is 1.43. The van der Waals surface area contributed by atoms with Crippen LogP contribution < -0.4 is 19.3 Å². The minimum absolute atomic E-state index is 0.00748. The summed E-state index contributed by atoms with van der Waals surface area (Å²) in [5.41, 5.74) is 2.12. The van der Waals surface area contributed by atoms with Gasteiger partial charge in [-0.3, -0.25) is 14.9 Å². The van der Waals surface area contributed by atoms with Gasteiger partial charge in [0.1, 0.15) is 12.2 Å². The molecule has 2 heterocycles. The second kappa shape index (κ2) is 7.47. The van der Waals surface area contributed by atoms with E-state index in [1.807, 2.05) is 17.0 Å². The average molecular weight is 384 g/mol. The van der Waals surface area contributed by atoms with E-state index in [2.05, 4.69) is 6.07 Å². The molecule has 2 aliphatic heterocycles. The number of carbonyl (C=O) groups is 1. The molecule has 2 aromatic carbocycles. The van der Waals surface area contributed by atoms with Crippen molar-refractivity contribution < 1.29 is 24.1 Å². The first kappa shape index (κ1) is 18.2. The van der Waals surface area contributed by atoms with Crippen LogP contribution in [0.5, 0.6) is 11.5 Å². The van der Waals surface area contributed by atoms with Crippen molar-refractivity contribution >= 4 is 17.2 Å². The van der Waals surface area contributed by atoms with Crippen LogP contribution in [0.15, 0.2) is 36.4 Å². The Bertz CT molecular complexity index is 922. The fourth-order valence-corrected chi connectivity index (χ4v) is 3.74. The molecule has 8 nitrogen and oxygen atoms in total. The van der Waals surface area contributed by atoms with Crippen LogP contribution in [0.1, 0.15) is 22.8 Å². The highest BCUT2D eigenvalue weighted by Gasteiger charge is 2.27. The normalized spacial score (nSPS) is 16.2. The molecule has 0 atom stereocenters. The largest absolute Gasteiger partial charge is 0.454 e. The predicted molar refractivity (Wildman–Crippen MR) is 102 cm³/mol. The number of nitro benzene ring substituents is 1. The van der Waals surface area contributed by atoms with Gasteiger partial charge in [0.05, 0.1) is 31.1 Å². The molecule has 0 spiro atoms. The topological polar surface area (TPSA) is 86.4 Å². The number of ketones is 1. The third kappa shape index (κ3) is 3.63. The molecule has 0 saturated carbocycles. The van der Waals surface area contributed by atoms with Crippen molar-refractivity contribution in [3.8, 4) is 11.5 Å². The number of nitrogens with zero attached hydrogens (tertiary/aromatic N) is 2. The van der Waals surface area contributed by atoms with Gasteiger partial charge in [0.2, 0.25) is 6.79 Å². The Morgan fingerprint density at radius 1 is 1.14 bits per heavy atom. The van der Waals surface area contributed by atoms with E-state index in [4.69, 9.17) is 9.47 Å². The Hall–Kier alpha value is -3.13. The molecule has 0 aliphatic carbocycles. The Morgan fingerprint density at radius 2 is 1.89 bits per heavy atom. The number of nitro groups is 1. The van der Waals surface area contributed by atoms with Gasteiger partial charge in [-0.15, -0.1) is 0 Å². The zero-order valence-electron chi connectivity index (χ0n) is 15.6. The summed E-state index contributed by atoms with van der Waals surface area (Å²) in [5.74, 6) is 1.40. The first-order valence-electron chi connectivity index (χ1n) is 9.27. The minimum atomic E-state index is -0.409.